The number of halogens is 1. The van der Waals surface area contributed by atoms with Crippen LogP contribution in [0.2, 0.25) is 5.02 Å². The van der Waals surface area contributed by atoms with E-state index < -0.39 is 0 Å². The summed E-state index contributed by atoms with van der Waals surface area (Å²) in [4.78, 5) is 0. The summed E-state index contributed by atoms with van der Waals surface area (Å²) in [5.41, 5.74) is 4.29. The number of nitrogens with zero attached hydrogens (tertiary/aromatic N) is 2. The number of hydrogen-bond acceptors (Lipinski definition) is 3. The monoisotopic (exact) mass is 319 g/mol. The van der Waals surface area contributed by atoms with Gasteiger partial charge in [0.05, 0.1) is 11.9 Å². The predicted octanol–water partition coefficient (Wildman–Crippen LogP) is 3.49. The van der Waals surface area contributed by atoms with Crippen LogP contribution >= 0.6 is 11.6 Å². The first-order valence-corrected chi connectivity index (χ1v) is 8.10. The van der Waals surface area contributed by atoms with Gasteiger partial charge in [0.25, 0.3) is 0 Å². The molecule has 2 aromatic rings. The van der Waals surface area contributed by atoms with Gasteiger partial charge in [0.15, 0.2) is 0 Å². The molecule has 0 bridgehead atoms. The maximum absolute atomic E-state index is 6.37. The fourth-order valence-electron chi connectivity index (χ4n) is 3.08. The van der Waals surface area contributed by atoms with Gasteiger partial charge in [-0.05, 0) is 63.0 Å². The Morgan fingerprint density at radius 3 is 2.59 bits per heavy atom. The van der Waals surface area contributed by atoms with Crippen molar-refractivity contribution in [1.29, 1.82) is 0 Å². The zero-order valence-electron chi connectivity index (χ0n) is 13.3. The quantitative estimate of drug-likeness (QED) is 0.941. The summed E-state index contributed by atoms with van der Waals surface area (Å²) in [6.45, 7) is 6.14. The van der Waals surface area contributed by atoms with Crippen LogP contribution in [-0.2, 0) is 7.05 Å². The highest BCUT2D eigenvalue weighted by atomic mass is 35.5. The third-order valence-electron chi connectivity index (χ3n) is 4.19. The molecule has 0 saturated carbocycles. The Bertz CT molecular complexity index is 655. The fraction of sp³-hybridized carbons (Fsp3) is 0.471. The summed E-state index contributed by atoms with van der Waals surface area (Å²) in [5, 5.41) is 8.44. The van der Waals surface area contributed by atoms with Gasteiger partial charge < -0.3 is 10.1 Å². The summed E-state index contributed by atoms with van der Waals surface area (Å²) in [5.74, 6) is 0.933. The Hall–Kier alpha value is -1.52. The molecule has 1 fully saturated rings. The van der Waals surface area contributed by atoms with E-state index >= 15 is 0 Å². The highest BCUT2D eigenvalue weighted by molar-refractivity contribution is 6.31. The summed E-state index contributed by atoms with van der Waals surface area (Å²) in [7, 11) is 1.95. The topological polar surface area (TPSA) is 39.1 Å². The van der Waals surface area contributed by atoms with E-state index in [-0.39, 0.29) is 6.10 Å². The molecule has 0 amide bonds. The third kappa shape index (κ3) is 2.99. The minimum absolute atomic E-state index is 0.258. The van der Waals surface area contributed by atoms with E-state index in [1.54, 1.807) is 0 Å². The molecule has 1 aromatic heterocycles. The highest BCUT2D eigenvalue weighted by Gasteiger charge is 2.21. The zero-order valence-corrected chi connectivity index (χ0v) is 14.1. The number of aromatic nitrogens is 2. The first-order valence-electron chi connectivity index (χ1n) is 7.72. The van der Waals surface area contributed by atoms with Crippen LogP contribution < -0.4 is 10.1 Å². The average Bonchev–Trinajstić information content (AvgIpc) is 2.82. The summed E-state index contributed by atoms with van der Waals surface area (Å²) in [6.07, 6.45) is 4.20. The van der Waals surface area contributed by atoms with Crippen LogP contribution in [0.25, 0.3) is 11.3 Å². The first kappa shape index (κ1) is 15.4. The number of piperidine rings is 1. The minimum atomic E-state index is 0.258. The van der Waals surface area contributed by atoms with E-state index in [1.165, 1.54) is 0 Å². The van der Waals surface area contributed by atoms with Crippen molar-refractivity contribution in [3.63, 3.8) is 0 Å². The van der Waals surface area contributed by atoms with E-state index in [0.717, 1.165) is 59.1 Å². The molecular formula is C17H22ClN3O. The number of nitrogens with one attached hydrogen (secondary N) is 1. The molecule has 4 nitrogen and oxygen atoms in total. The van der Waals surface area contributed by atoms with E-state index in [1.807, 2.05) is 30.1 Å². The van der Waals surface area contributed by atoms with Gasteiger partial charge in [-0.25, -0.2) is 0 Å². The van der Waals surface area contributed by atoms with Gasteiger partial charge >= 0.3 is 0 Å². The normalized spacial score (nSPS) is 16.0. The van der Waals surface area contributed by atoms with Crippen LogP contribution in [-0.4, -0.2) is 29.0 Å². The van der Waals surface area contributed by atoms with Gasteiger partial charge in [0.2, 0.25) is 0 Å². The molecule has 118 valence electrons. The summed E-state index contributed by atoms with van der Waals surface area (Å²) < 4.78 is 8.25. The second-order valence-electron chi connectivity index (χ2n) is 5.97. The van der Waals surface area contributed by atoms with Crippen LogP contribution in [0, 0.1) is 13.8 Å². The number of rotatable bonds is 3. The SMILES string of the molecule is Cc1cc(Cl)cc(-c2c(C)cnn2C)c1OC1CCNCC1. The van der Waals surface area contributed by atoms with Gasteiger partial charge in [-0.15, -0.1) is 0 Å². The Morgan fingerprint density at radius 1 is 1.23 bits per heavy atom. The third-order valence-corrected chi connectivity index (χ3v) is 4.41. The molecule has 3 rings (SSSR count). The lowest BCUT2D eigenvalue weighted by atomic mass is 10.0. The van der Waals surface area contributed by atoms with Crippen molar-refractivity contribution in [3.8, 4) is 17.0 Å². The van der Waals surface area contributed by atoms with Crippen molar-refractivity contribution in [3.05, 3.63) is 34.5 Å². The van der Waals surface area contributed by atoms with Crippen molar-refractivity contribution in [2.24, 2.45) is 7.05 Å². The van der Waals surface area contributed by atoms with E-state index in [2.05, 4.69) is 24.3 Å². The van der Waals surface area contributed by atoms with Crippen LogP contribution in [0.1, 0.15) is 24.0 Å². The lowest BCUT2D eigenvalue weighted by Crippen LogP contribution is -2.34. The maximum Gasteiger partial charge on any atom is 0.132 e. The molecule has 0 radical (unpaired) electrons. The zero-order chi connectivity index (χ0) is 15.7. The van der Waals surface area contributed by atoms with E-state index in [0.29, 0.717) is 0 Å². The molecule has 2 heterocycles. The van der Waals surface area contributed by atoms with Crippen LogP contribution in [0.15, 0.2) is 18.3 Å². The number of aryl methyl sites for hydroxylation is 3. The second-order valence-corrected chi connectivity index (χ2v) is 6.40. The van der Waals surface area contributed by atoms with E-state index in [9.17, 15) is 0 Å². The minimum Gasteiger partial charge on any atom is -0.489 e. The Morgan fingerprint density at radius 2 is 1.95 bits per heavy atom. The maximum atomic E-state index is 6.37. The molecule has 5 heteroatoms. The van der Waals surface area contributed by atoms with Crippen molar-refractivity contribution < 1.29 is 4.74 Å². The molecule has 22 heavy (non-hydrogen) atoms. The lowest BCUT2D eigenvalue weighted by Gasteiger charge is -2.26. The molecule has 0 unspecified atom stereocenters. The predicted molar refractivity (Wildman–Crippen MR) is 89.6 cm³/mol. The Kier molecular flexibility index (Phi) is 4.41. The summed E-state index contributed by atoms with van der Waals surface area (Å²) >= 11 is 6.29. The summed E-state index contributed by atoms with van der Waals surface area (Å²) in [6, 6.07) is 3.95. The molecular weight excluding hydrogens is 298 g/mol. The molecule has 0 spiro atoms. The standard InChI is InChI=1S/C17H22ClN3O/c1-11-8-13(18)9-15(16-12(2)10-20-21(16)3)17(11)22-14-4-6-19-7-5-14/h8-10,14,19H,4-7H2,1-3H3. The molecule has 1 N–H and O–H groups in total. The smallest absolute Gasteiger partial charge is 0.132 e. The number of hydrogen-bond donors (Lipinski definition) is 1. The Balaban J connectivity index is 2.04. The van der Waals surface area contributed by atoms with Gasteiger partial charge in [-0.2, -0.15) is 5.10 Å². The largest absolute Gasteiger partial charge is 0.489 e. The first-order chi connectivity index (χ1) is 10.6. The number of ether oxygens (including phenoxy) is 1. The van der Waals surface area contributed by atoms with Gasteiger partial charge in [-0.1, -0.05) is 11.6 Å². The molecule has 1 aliphatic heterocycles. The highest BCUT2D eigenvalue weighted by Crippen LogP contribution is 2.38. The van der Waals surface area contributed by atoms with Crippen molar-refractivity contribution in [2.45, 2.75) is 32.8 Å². The lowest BCUT2D eigenvalue weighted by molar-refractivity contribution is 0.162. The van der Waals surface area contributed by atoms with Crippen LogP contribution in [0.4, 0.5) is 0 Å². The Labute approximate surface area is 136 Å². The van der Waals surface area contributed by atoms with Gasteiger partial charge in [0, 0.05) is 17.6 Å². The van der Waals surface area contributed by atoms with Crippen molar-refractivity contribution >= 4 is 11.6 Å². The number of benzene rings is 1. The molecule has 0 atom stereocenters. The van der Waals surface area contributed by atoms with Gasteiger partial charge in [-0.3, -0.25) is 4.68 Å². The molecule has 1 saturated heterocycles. The van der Waals surface area contributed by atoms with Crippen LogP contribution in [0.3, 0.4) is 0 Å². The van der Waals surface area contributed by atoms with Crippen molar-refractivity contribution in [2.75, 3.05) is 13.1 Å². The molecule has 1 aromatic carbocycles. The van der Waals surface area contributed by atoms with Crippen LogP contribution in [0.5, 0.6) is 5.75 Å². The fourth-order valence-corrected chi connectivity index (χ4v) is 3.35. The molecule has 1 aliphatic rings. The average molecular weight is 320 g/mol. The van der Waals surface area contributed by atoms with E-state index in [4.69, 9.17) is 16.3 Å². The van der Waals surface area contributed by atoms with Gasteiger partial charge in [0.1, 0.15) is 11.9 Å². The second kappa shape index (κ2) is 6.31. The van der Waals surface area contributed by atoms with Crippen molar-refractivity contribution in [1.82, 2.24) is 15.1 Å². The molecule has 0 aliphatic carbocycles.